The van der Waals surface area contributed by atoms with Gasteiger partial charge in [0.2, 0.25) is 0 Å². The van der Waals surface area contributed by atoms with Crippen LogP contribution in [0.15, 0.2) is 23.9 Å². The van der Waals surface area contributed by atoms with Gasteiger partial charge in [-0.1, -0.05) is 6.07 Å². The second-order valence-electron chi connectivity index (χ2n) is 5.69. The molecule has 2 amide bonds. The summed E-state index contributed by atoms with van der Waals surface area (Å²) in [5, 5.41) is 9.23. The average molecular weight is 364 g/mol. The molecule has 0 radical (unpaired) electrons. The number of aliphatic hydroxyl groups is 1. The zero-order valence-electron chi connectivity index (χ0n) is 15.4. The largest absolute Gasteiger partial charge is 0.493 e. The van der Waals surface area contributed by atoms with Gasteiger partial charge in [-0.15, -0.1) is 0 Å². The number of methoxy groups -OCH3 is 3. The van der Waals surface area contributed by atoms with Gasteiger partial charge >= 0.3 is 0 Å². The maximum Gasteiger partial charge on any atom is 0.277 e. The van der Waals surface area contributed by atoms with Crippen LogP contribution in [0.4, 0.5) is 0 Å². The molecule has 0 bridgehead atoms. The summed E-state index contributed by atoms with van der Waals surface area (Å²) in [6.07, 6.45) is 0. The number of rotatable bonds is 9. The van der Waals surface area contributed by atoms with Gasteiger partial charge in [0.25, 0.3) is 11.8 Å². The fourth-order valence-corrected chi connectivity index (χ4v) is 2.82. The molecule has 0 fully saturated rings. The second kappa shape index (κ2) is 8.68. The molecule has 0 unspecified atom stereocenters. The number of imide groups is 1. The fourth-order valence-electron chi connectivity index (χ4n) is 2.82. The summed E-state index contributed by atoms with van der Waals surface area (Å²) in [4.78, 5) is 28.5. The highest BCUT2D eigenvalue weighted by atomic mass is 16.5. The highest BCUT2D eigenvalue weighted by molar-refractivity contribution is 6.35. The third-order valence-corrected chi connectivity index (χ3v) is 4.15. The molecule has 1 aliphatic heterocycles. The van der Waals surface area contributed by atoms with Crippen molar-refractivity contribution in [1.29, 1.82) is 0 Å². The highest BCUT2D eigenvalue weighted by Crippen LogP contribution is 2.35. The van der Waals surface area contributed by atoms with Crippen LogP contribution < -0.4 is 9.47 Å². The molecule has 1 aromatic carbocycles. The first-order valence-corrected chi connectivity index (χ1v) is 8.13. The molecule has 0 saturated heterocycles. The van der Waals surface area contributed by atoms with Gasteiger partial charge < -0.3 is 24.2 Å². The molecular weight excluding hydrogens is 340 g/mol. The minimum Gasteiger partial charge on any atom is -0.493 e. The predicted octanol–water partition coefficient (Wildman–Crippen LogP) is 0.354. The molecule has 1 heterocycles. The lowest BCUT2D eigenvalue weighted by atomic mass is 10.0. The lowest BCUT2D eigenvalue weighted by Crippen LogP contribution is -2.37. The van der Waals surface area contributed by atoms with E-state index in [-0.39, 0.29) is 37.6 Å². The van der Waals surface area contributed by atoms with Gasteiger partial charge in [0, 0.05) is 20.7 Å². The normalized spacial score (nSPS) is 14.3. The van der Waals surface area contributed by atoms with E-state index in [9.17, 15) is 14.7 Å². The lowest BCUT2D eigenvalue weighted by Gasteiger charge is -2.20. The Morgan fingerprint density at radius 2 is 1.77 bits per heavy atom. The van der Waals surface area contributed by atoms with E-state index in [4.69, 9.17) is 14.2 Å². The van der Waals surface area contributed by atoms with Crippen LogP contribution in [0.1, 0.15) is 5.56 Å². The Morgan fingerprint density at radius 1 is 1.08 bits per heavy atom. The number of ether oxygens (including phenoxy) is 3. The van der Waals surface area contributed by atoms with Crippen LogP contribution in [0.2, 0.25) is 0 Å². The first-order valence-electron chi connectivity index (χ1n) is 8.13. The van der Waals surface area contributed by atoms with Crippen LogP contribution >= 0.6 is 0 Å². The van der Waals surface area contributed by atoms with Crippen molar-refractivity contribution in [1.82, 2.24) is 9.80 Å². The standard InChI is InChI=1S/C18H24N2O6/c1-19(7-9-21)16-15(17(22)20(18(16)23)8-10-24-2)12-5-6-13(25-3)14(11-12)26-4/h5-6,11,21H,7-10H2,1-4H3. The Labute approximate surface area is 152 Å². The van der Waals surface area contributed by atoms with Crippen molar-refractivity contribution in [2.75, 3.05) is 54.7 Å². The van der Waals surface area contributed by atoms with Gasteiger partial charge in [-0.3, -0.25) is 14.5 Å². The molecule has 0 aliphatic carbocycles. The third-order valence-electron chi connectivity index (χ3n) is 4.15. The molecule has 8 nitrogen and oxygen atoms in total. The summed E-state index contributed by atoms with van der Waals surface area (Å²) in [5.41, 5.74) is 1.05. The molecule has 26 heavy (non-hydrogen) atoms. The Morgan fingerprint density at radius 3 is 2.35 bits per heavy atom. The minimum absolute atomic E-state index is 0.140. The average Bonchev–Trinajstić information content (AvgIpc) is 2.89. The number of amides is 2. The predicted molar refractivity (Wildman–Crippen MR) is 94.8 cm³/mol. The SMILES string of the molecule is COCCN1C(=O)C(c2ccc(OC)c(OC)c2)=C(N(C)CCO)C1=O. The van der Waals surface area contributed by atoms with Crippen molar-refractivity contribution in [3.8, 4) is 11.5 Å². The number of carbonyl (C=O) groups excluding carboxylic acids is 2. The number of hydrogen-bond donors (Lipinski definition) is 1. The first kappa shape index (κ1) is 19.7. The number of nitrogens with zero attached hydrogens (tertiary/aromatic N) is 2. The van der Waals surface area contributed by atoms with Crippen molar-refractivity contribution in [3.05, 3.63) is 29.5 Å². The maximum absolute atomic E-state index is 12.9. The monoisotopic (exact) mass is 364 g/mol. The van der Waals surface area contributed by atoms with Gasteiger partial charge in [-0.2, -0.15) is 0 Å². The topological polar surface area (TPSA) is 88.5 Å². The van der Waals surface area contributed by atoms with Crippen LogP contribution in [0, 0.1) is 0 Å². The van der Waals surface area contributed by atoms with Gasteiger partial charge in [-0.05, 0) is 17.7 Å². The van der Waals surface area contributed by atoms with E-state index in [0.29, 0.717) is 17.1 Å². The van der Waals surface area contributed by atoms with E-state index in [0.717, 1.165) is 4.90 Å². The summed E-state index contributed by atoms with van der Waals surface area (Å²) in [6, 6.07) is 5.04. The number of likely N-dealkylation sites (N-methyl/N-ethyl adjacent to an activating group) is 1. The first-order chi connectivity index (χ1) is 12.5. The molecular formula is C18H24N2O6. The van der Waals surface area contributed by atoms with Crippen LogP contribution in [-0.2, 0) is 14.3 Å². The number of benzene rings is 1. The van der Waals surface area contributed by atoms with Crippen LogP contribution in [-0.4, -0.2) is 81.4 Å². The molecule has 1 N–H and O–H groups in total. The molecule has 1 aliphatic rings. The van der Waals surface area contributed by atoms with Crippen molar-refractivity contribution in [3.63, 3.8) is 0 Å². The van der Waals surface area contributed by atoms with E-state index in [2.05, 4.69) is 0 Å². The Hall–Kier alpha value is -2.58. The van der Waals surface area contributed by atoms with E-state index >= 15 is 0 Å². The molecule has 0 aromatic heterocycles. The number of hydrogen-bond acceptors (Lipinski definition) is 7. The van der Waals surface area contributed by atoms with Crippen LogP contribution in [0.5, 0.6) is 11.5 Å². The summed E-state index contributed by atoms with van der Waals surface area (Å²) in [6.45, 7) is 0.483. The van der Waals surface area contributed by atoms with Gasteiger partial charge in [0.1, 0.15) is 5.70 Å². The maximum atomic E-state index is 12.9. The fraction of sp³-hybridized carbons (Fsp3) is 0.444. The third kappa shape index (κ3) is 3.66. The quantitative estimate of drug-likeness (QED) is 0.633. The van der Waals surface area contributed by atoms with Crippen molar-refractivity contribution in [2.24, 2.45) is 0 Å². The molecule has 0 atom stereocenters. The molecule has 0 saturated carbocycles. The van der Waals surface area contributed by atoms with E-state index in [1.54, 1.807) is 30.1 Å². The Kier molecular flexibility index (Phi) is 6.59. The zero-order chi connectivity index (χ0) is 19.3. The van der Waals surface area contributed by atoms with Crippen molar-refractivity contribution >= 4 is 17.4 Å². The van der Waals surface area contributed by atoms with Crippen LogP contribution in [0.3, 0.4) is 0 Å². The summed E-state index contributed by atoms with van der Waals surface area (Å²) in [7, 11) is 6.19. The van der Waals surface area contributed by atoms with Crippen molar-refractivity contribution < 1.29 is 28.9 Å². The number of aliphatic hydroxyl groups excluding tert-OH is 1. The minimum atomic E-state index is -0.409. The molecule has 8 heteroatoms. The lowest BCUT2D eigenvalue weighted by molar-refractivity contribution is -0.138. The summed E-state index contributed by atoms with van der Waals surface area (Å²) >= 11 is 0. The summed E-state index contributed by atoms with van der Waals surface area (Å²) in [5.74, 6) is 0.166. The Balaban J connectivity index is 2.54. The zero-order valence-corrected chi connectivity index (χ0v) is 15.4. The van der Waals surface area contributed by atoms with E-state index in [1.165, 1.54) is 21.3 Å². The molecule has 142 valence electrons. The van der Waals surface area contributed by atoms with Gasteiger partial charge in [-0.25, -0.2) is 0 Å². The molecule has 2 rings (SSSR count). The van der Waals surface area contributed by atoms with Crippen LogP contribution in [0.25, 0.3) is 5.57 Å². The second-order valence-corrected chi connectivity index (χ2v) is 5.69. The molecule has 0 spiro atoms. The van der Waals surface area contributed by atoms with E-state index < -0.39 is 11.8 Å². The number of carbonyl (C=O) groups is 2. The highest BCUT2D eigenvalue weighted by Gasteiger charge is 2.40. The molecule has 1 aromatic rings. The van der Waals surface area contributed by atoms with Crippen molar-refractivity contribution in [2.45, 2.75) is 0 Å². The van der Waals surface area contributed by atoms with E-state index in [1.807, 2.05) is 0 Å². The van der Waals surface area contributed by atoms with Gasteiger partial charge in [0.05, 0.1) is 39.6 Å². The van der Waals surface area contributed by atoms with Gasteiger partial charge in [0.15, 0.2) is 11.5 Å². The summed E-state index contributed by atoms with van der Waals surface area (Å²) < 4.78 is 15.5. The smallest absolute Gasteiger partial charge is 0.277 e. The Bertz CT molecular complexity index is 716.